The van der Waals surface area contributed by atoms with Crippen molar-refractivity contribution in [2.75, 3.05) is 25.5 Å². The molecule has 0 aliphatic rings. The van der Waals surface area contributed by atoms with Gasteiger partial charge in [0.15, 0.2) is 0 Å². The second-order valence-corrected chi connectivity index (χ2v) is 4.60. The van der Waals surface area contributed by atoms with Gasteiger partial charge in [-0.3, -0.25) is 4.98 Å². The Balaban J connectivity index is 2.73. The summed E-state index contributed by atoms with van der Waals surface area (Å²) in [4.78, 5) is 6.55. The molecule has 0 aliphatic heterocycles. The third-order valence-corrected chi connectivity index (χ3v) is 3.09. The van der Waals surface area contributed by atoms with Crippen molar-refractivity contribution in [3.05, 3.63) is 24.0 Å². The lowest BCUT2D eigenvalue weighted by Gasteiger charge is -2.21. The molecule has 0 saturated carbocycles. The van der Waals surface area contributed by atoms with Crippen molar-refractivity contribution in [1.29, 1.82) is 5.26 Å². The lowest BCUT2D eigenvalue weighted by Crippen LogP contribution is -2.23. The molecule has 0 amide bonds. The minimum atomic E-state index is 0.0235. The first-order chi connectivity index (χ1) is 8.62. The zero-order valence-electron chi connectivity index (χ0n) is 11.6. The molecule has 1 heterocycles. The molecule has 4 nitrogen and oxygen atoms in total. The third-order valence-electron chi connectivity index (χ3n) is 3.09. The molecule has 1 aromatic rings. The maximum absolute atomic E-state index is 8.81. The van der Waals surface area contributed by atoms with E-state index in [1.165, 1.54) is 0 Å². The molecule has 0 bridgehead atoms. The molecule has 0 aliphatic carbocycles. The summed E-state index contributed by atoms with van der Waals surface area (Å²) in [5.74, 6) is 0.0235. The van der Waals surface area contributed by atoms with Crippen LogP contribution in [0.25, 0.3) is 0 Å². The van der Waals surface area contributed by atoms with E-state index >= 15 is 0 Å². The quantitative estimate of drug-likeness (QED) is 0.837. The van der Waals surface area contributed by atoms with Crippen LogP contribution in [0, 0.1) is 17.2 Å². The number of pyridine rings is 1. The number of aromatic nitrogens is 1. The normalized spacial score (nSPS) is 13.7. The number of nitrogens with one attached hydrogen (secondary N) is 1. The molecular formula is C14H22N4. The van der Waals surface area contributed by atoms with E-state index in [0.29, 0.717) is 6.04 Å². The maximum atomic E-state index is 8.81. The Kier molecular flexibility index (Phi) is 5.60. The van der Waals surface area contributed by atoms with Gasteiger partial charge in [-0.1, -0.05) is 6.92 Å². The Bertz CT molecular complexity index is 389. The number of rotatable bonds is 6. The summed E-state index contributed by atoms with van der Waals surface area (Å²) < 4.78 is 0. The van der Waals surface area contributed by atoms with E-state index in [4.69, 9.17) is 5.26 Å². The highest BCUT2D eigenvalue weighted by Gasteiger charge is 2.10. The second-order valence-electron chi connectivity index (χ2n) is 4.60. The number of hydrogen-bond donors (Lipinski definition) is 1. The molecule has 4 heteroatoms. The van der Waals surface area contributed by atoms with E-state index in [2.05, 4.69) is 34.3 Å². The molecule has 0 radical (unpaired) electrons. The van der Waals surface area contributed by atoms with Gasteiger partial charge < -0.3 is 10.2 Å². The fourth-order valence-electron chi connectivity index (χ4n) is 1.95. The number of anilines is 1. The van der Waals surface area contributed by atoms with Crippen LogP contribution in [0.5, 0.6) is 0 Å². The summed E-state index contributed by atoms with van der Waals surface area (Å²) in [6, 6.07) is 6.66. The minimum Gasteiger partial charge on any atom is -0.372 e. The van der Waals surface area contributed by atoms with E-state index in [9.17, 15) is 0 Å². The summed E-state index contributed by atoms with van der Waals surface area (Å²) in [5.41, 5.74) is 2.11. The van der Waals surface area contributed by atoms with Gasteiger partial charge in [0.05, 0.1) is 29.6 Å². The van der Waals surface area contributed by atoms with Crippen LogP contribution in [0.2, 0.25) is 0 Å². The lowest BCUT2D eigenvalue weighted by molar-refractivity contribution is 0.561. The average Bonchev–Trinajstić information content (AvgIpc) is 2.40. The van der Waals surface area contributed by atoms with Gasteiger partial charge in [-0.2, -0.15) is 5.26 Å². The van der Waals surface area contributed by atoms with Crippen molar-refractivity contribution in [2.24, 2.45) is 5.92 Å². The van der Waals surface area contributed by atoms with Crippen LogP contribution >= 0.6 is 0 Å². The van der Waals surface area contributed by atoms with E-state index < -0.39 is 0 Å². The van der Waals surface area contributed by atoms with E-state index in [1.807, 2.05) is 33.3 Å². The molecule has 0 saturated heterocycles. The van der Waals surface area contributed by atoms with Gasteiger partial charge in [0.2, 0.25) is 0 Å². The van der Waals surface area contributed by atoms with Crippen LogP contribution in [0.1, 0.15) is 32.0 Å². The molecule has 2 unspecified atom stereocenters. The summed E-state index contributed by atoms with van der Waals surface area (Å²) in [7, 11) is 3.93. The fraction of sp³-hybridized carbons (Fsp3) is 0.571. The Morgan fingerprint density at radius 3 is 2.67 bits per heavy atom. The smallest absolute Gasteiger partial charge is 0.0671 e. The van der Waals surface area contributed by atoms with Crippen molar-refractivity contribution in [2.45, 2.75) is 26.3 Å². The van der Waals surface area contributed by atoms with Gasteiger partial charge in [-0.05, 0) is 32.5 Å². The van der Waals surface area contributed by atoms with Crippen molar-refractivity contribution in [1.82, 2.24) is 10.3 Å². The zero-order chi connectivity index (χ0) is 13.5. The molecule has 18 heavy (non-hydrogen) atoms. The van der Waals surface area contributed by atoms with Crippen LogP contribution in [-0.2, 0) is 0 Å². The average molecular weight is 246 g/mol. The van der Waals surface area contributed by atoms with E-state index in [1.54, 1.807) is 0 Å². The van der Waals surface area contributed by atoms with Gasteiger partial charge >= 0.3 is 0 Å². The predicted octanol–water partition coefficient (Wildman–Crippen LogP) is 2.35. The number of nitrogens with zero attached hydrogens (tertiary/aromatic N) is 3. The summed E-state index contributed by atoms with van der Waals surface area (Å²) in [6.45, 7) is 4.78. The topological polar surface area (TPSA) is 52.0 Å². The van der Waals surface area contributed by atoms with Crippen molar-refractivity contribution < 1.29 is 0 Å². The predicted molar refractivity (Wildman–Crippen MR) is 74.4 cm³/mol. The maximum Gasteiger partial charge on any atom is 0.0671 e. The van der Waals surface area contributed by atoms with Crippen molar-refractivity contribution in [3.8, 4) is 6.07 Å². The Hall–Kier alpha value is -1.60. The molecule has 0 aromatic carbocycles. The van der Waals surface area contributed by atoms with E-state index in [-0.39, 0.29) is 5.92 Å². The first-order valence-electron chi connectivity index (χ1n) is 6.36. The van der Waals surface area contributed by atoms with Gasteiger partial charge in [0, 0.05) is 19.6 Å². The fourth-order valence-corrected chi connectivity index (χ4v) is 1.95. The largest absolute Gasteiger partial charge is 0.372 e. The van der Waals surface area contributed by atoms with Crippen LogP contribution in [0.4, 0.5) is 5.69 Å². The molecule has 1 N–H and O–H groups in total. The first kappa shape index (κ1) is 14.5. The third kappa shape index (κ3) is 3.71. The monoisotopic (exact) mass is 246 g/mol. The Morgan fingerprint density at radius 2 is 2.22 bits per heavy atom. The van der Waals surface area contributed by atoms with E-state index in [0.717, 1.165) is 24.3 Å². The molecule has 0 fully saturated rings. The molecule has 0 spiro atoms. The minimum absolute atomic E-state index is 0.0235. The highest BCUT2D eigenvalue weighted by atomic mass is 15.1. The zero-order valence-corrected chi connectivity index (χ0v) is 11.6. The highest BCUT2D eigenvalue weighted by molar-refractivity contribution is 5.44. The second kappa shape index (κ2) is 6.97. The standard InChI is InChI=1S/C14H22N4/c1-5-13(16-3)14-7-6-12(9-17-14)18(4)10-11(2)8-15/h6-7,9,11,13,16H,5,10H2,1-4H3. The lowest BCUT2D eigenvalue weighted by atomic mass is 10.1. The van der Waals surface area contributed by atoms with Gasteiger partial charge in [0.1, 0.15) is 0 Å². The Morgan fingerprint density at radius 1 is 1.50 bits per heavy atom. The van der Waals surface area contributed by atoms with Crippen LogP contribution in [0.15, 0.2) is 18.3 Å². The first-order valence-corrected chi connectivity index (χ1v) is 6.36. The molecular weight excluding hydrogens is 224 g/mol. The summed E-state index contributed by atoms with van der Waals surface area (Å²) in [6.07, 6.45) is 2.89. The van der Waals surface area contributed by atoms with Crippen LogP contribution < -0.4 is 10.2 Å². The molecule has 1 aromatic heterocycles. The van der Waals surface area contributed by atoms with Gasteiger partial charge in [-0.25, -0.2) is 0 Å². The molecule has 1 rings (SSSR count). The summed E-state index contributed by atoms with van der Waals surface area (Å²) >= 11 is 0. The Labute approximate surface area is 110 Å². The van der Waals surface area contributed by atoms with Crippen LogP contribution in [0.3, 0.4) is 0 Å². The SMILES string of the molecule is CCC(NC)c1ccc(N(C)CC(C)C#N)cn1. The van der Waals surface area contributed by atoms with Crippen LogP contribution in [-0.4, -0.2) is 25.6 Å². The van der Waals surface area contributed by atoms with Gasteiger partial charge in [-0.15, -0.1) is 0 Å². The van der Waals surface area contributed by atoms with Crippen molar-refractivity contribution in [3.63, 3.8) is 0 Å². The highest BCUT2D eigenvalue weighted by Crippen LogP contribution is 2.18. The van der Waals surface area contributed by atoms with Gasteiger partial charge in [0.25, 0.3) is 0 Å². The van der Waals surface area contributed by atoms with Crippen molar-refractivity contribution >= 4 is 5.69 Å². The number of nitriles is 1. The number of hydrogen-bond acceptors (Lipinski definition) is 4. The summed E-state index contributed by atoms with van der Waals surface area (Å²) in [5, 5.41) is 12.0. The molecule has 98 valence electrons. The molecule has 2 atom stereocenters.